The monoisotopic (exact) mass is 350 g/mol. The number of aromatic nitrogens is 2. The molecule has 2 heterocycles. The van der Waals surface area contributed by atoms with Gasteiger partial charge in [0.15, 0.2) is 0 Å². The van der Waals surface area contributed by atoms with E-state index in [2.05, 4.69) is 15.7 Å². The van der Waals surface area contributed by atoms with Crippen LogP contribution >= 0.6 is 0 Å². The van der Waals surface area contributed by atoms with Gasteiger partial charge in [0, 0.05) is 42.2 Å². The van der Waals surface area contributed by atoms with Crippen LogP contribution in [0.4, 0.5) is 5.69 Å². The number of hydrogen-bond donors (Lipinski definition) is 3. The summed E-state index contributed by atoms with van der Waals surface area (Å²) < 4.78 is 1.80. The summed E-state index contributed by atoms with van der Waals surface area (Å²) in [6, 6.07) is 10.0. The van der Waals surface area contributed by atoms with Gasteiger partial charge >= 0.3 is 0 Å². The molecule has 136 valence electrons. The first kappa shape index (κ1) is 16.8. The van der Waals surface area contributed by atoms with Crippen molar-refractivity contribution in [2.24, 2.45) is 23.7 Å². The zero-order chi connectivity index (χ0) is 18.0. The van der Waals surface area contributed by atoms with Gasteiger partial charge in [-0.05, 0) is 25.0 Å². The summed E-state index contributed by atoms with van der Waals surface area (Å²) >= 11 is 0. The fraction of sp³-hybridized carbons (Fsp3) is 0.400. The molecule has 4 rings (SSSR count). The topological polar surface area (TPSA) is 80.3 Å². The zero-order valence-corrected chi connectivity index (χ0v) is 15.2. The van der Waals surface area contributed by atoms with Gasteiger partial charge in [-0.3, -0.25) is 4.68 Å². The first-order valence-electron chi connectivity index (χ1n) is 9.32. The normalized spacial score (nSPS) is 23.8. The minimum atomic E-state index is -0.744. The molecule has 1 aliphatic heterocycles. The van der Waals surface area contributed by atoms with Crippen LogP contribution in [0.1, 0.15) is 37.7 Å². The van der Waals surface area contributed by atoms with Crippen molar-refractivity contribution in [1.29, 1.82) is 0 Å². The summed E-state index contributed by atoms with van der Waals surface area (Å²) in [5.41, 5.74) is 9.27. The zero-order valence-electron chi connectivity index (χ0n) is 15.2. The van der Waals surface area contributed by atoms with Crippen LogP contribution in [0, 0.1) is 5.92 Å². The van der Waals surface area contributed by atoms with Gasteiger partial charge in [0.25, 0.3) is 0 Å². The van der Waals surface area contributed by atoms with E-state index in [1.165, 1.54) is 19.3 Å². The Morgan fingerprint density at radius 1 is 1.19 bits per heavy atom. The van der Waals surface area contributed by atoms with Gasteiger partial charge in [-0.1, -0.05) is 37.5 Å². The van der Waals surface area contributed by atoms with Crippen molar-refractivity contribution in [2.45, 2.75) is 37.8 Å². The number of anilines is 1. The summed E-state index contributed by atoms with van der Waals surface area (Å²) in [4.78, 5) is 4.97. The molecule has 0 radical (unpaired) electrons. The van der Waals surface area contributed by atoms with Gasteiger partial charge in [0.05, 0.1) is 6.20 Å². The van der Waals surface area contributed by atoms with Gasteiger partial charge in [-0.15, -0.1) is 0 Å². The standard InChI is InChI=1S/C20H26N6/c1-26-14-15(12-23-26)18-13-22-19(24-17-10-6-3-7-11-17)25-20(18,21)16-8-4-2-5-9-16/h3,6-7,10-14,16H,2,4-5,8-9,21H2,1H3,(H2,22,24,25). The van der Waals surface area contributed by atoms with Crippen LogP contribution < -0.4 is 16.4 Å². The third kappa shape index (κ3) is 3.24. The quantitative estimate of drug-likeness (QED) is 0.795. The molecule has 0 spiro atoms. The maximum Gasteiger partial charge on any atom is 0.202 e. The highest BCUT2D eigenvalue weighted by Crippen LogP contribution is 2.41. The Hall–Kier alpha value is -2.60. The molecule has 1 fully saturated rings. The van der Waals surface area contributed by atoms with Crippen molar-refractivity contribution >= 4 is 17.2 Å². The Balaban J connectivity index is 1.68. The highest BCUT2D eigenvalue weighted by atomic mass is 15.3. The molecular formula is C20H26N6. The third-order valence-electron chi connectivity index (χ3n) is 5.36. The predicted octanol–water partition coefficient (Wildman–Crippen LogP) is 3.07. The maximum atomic E-state index is 6.99. The van der Waals surface area contributed by atoms with Crippen LogP contribution in [0.5, 0.6) is 0 Å². The van der Waals surface area contributed by atoms with Crippen molar-refractivity contribution < 1.29 is 0 Å². The number of nitrogens with one attached hydrogen (secondary N) is 2. The molecule has 0 bridgehead atoms. The van der Waals surface area contributed by atoms with Gasteiger partial charge in [0.1, 0.15) is 5.66 Å². The molecule has 1 saturated carbocycles. The lowest BCUT2D eigenvalue weighted by atomic mass is 9.75. The van der Waals surface area contributed by atoms with Crippen LogP contribution in [0.15, 0.2) is 53.9 Å². The van der Waals surface area contributed by atoms with Gasteiger partial charge in [-0.25, -0.2) is 4.99 Å². The second-order valence-electron chi connectivity index (χ2n) is 7.22. The molecule has 0 amide bonds. The van der Waals surface area contributed by atoms with Crippen LogP contribution in [0.25, 0.3) is 5.57 Å². The lowest BCUT2D eigenvalue weighted by Crippen LogP contribution is -2.52. The predicted molar refractivity (Wildman–Crippen MR) is 105 cm³/mol. The van der Waals surface area contributed by atoms with Gasteiger partial charge in [-0.2, -0.15) is 5.10 Å². The second kappa shape index (κ2) is 6.96. The van der Waals surface area contributed by atoms with E-state index in [0.717, 1.165) is 29.7 Å². The average Bonchev–Trinajstić information content (AvgIpc) is 3.09. The Kier molecular flexibility index (Phi) is 4.51. The Morgan fingerprint density at radius 3 is 2.65 bits per heavy atom. The van der Waals surface area contributed by atoms with Crippen LogP contribution in [0.3, 0.4) is 0 Å². The minimum absolute atomic E-state index is 0.331. The van der Waals surface area contributed by atoms with Crippen LogP contribution in [-0.4, -0.2) is 21.4 Å². The Bertz CT molecular complexity index is 816. The number of rotatable bonds is 3. The number of hydrogen-bond acceptors (Lipinski definition) is 5. The van der Waals surface area contributed by atoms with Crippen molar-refractivity contribution in [3.05, 3.63) is 54.5 Å². The number of para-hydroxylation sites is 1. The number of nitrogens with zero attached hydrogens (tertiary/aromatic N) is 3. The summed E-state index contributed by atoms with van der Waals surface area (Å²) in [5.74, 6) is 1.02. The molecular weight excluding hydrogens is 324 g/mol. The highest BCUT2D eigenvalue weighted by Gasteiger charge is 2.42. The SMILES string of the molecule is Cn1cc(C2=CNC(Nc3ccccc3)=NC2(N)C2CCCCC2)cn1. The molecule has 1 atom stereocenters. The summed E-state index contributed by atoms with van der Waals surface area (Å²) in [6.45, 7) is 0. The first-order valence-corrected chi connectivity index (χ1v) is 9.32. The fourth-order valence-corrected chi connectivity index (χ4v) is 3.98. The number of aliphatic imine (C=N–C) groups is 1. The van der Waals surface area contributed by atoms with E-state index in [0.29, 0.717) is 11.9 Å². The van der Waals surface area contributed by atoms with Crippen LogP contribution in [0.2, 0.25) is 0 Å². The Morgan fingerprint density at radius 2 is 1.96 bits per heavy atom. The van der Waals surface area contributed by atoms with Gasteiger partial charge in [0.2, 0.25) is 5.96 Å². The fourth-order valence-electron chi connectivity index (χ4n) is 3.98. The molecule has 0 saturated heterocycles. The summed E-state index contributed by atoms with van der Waals surface area (Å²) in [7, 11) is 1.92. The third-order valence-corrected chi connectivity index (χ3v) is 5.36. The van der Waals surface area contributed by atoms with Crippen molar-refractivity contribution in [3.8, 4) is 0 Å². The van der Waals surface area contributed by atoms with E-state index in [1.54, 1.807) is 4.68 Å². The lowest BCUT2D eigenvalue weighted by molar-refractivity contribution is 0.261. The maximum absolute atomic E-state index is 6.99. The van der Waals surface area contributed by atoms with Crippen molar-refractivity contribution in [1.82, 2.24) is 15.1 Å². The van der Waals surface area contributed by atoms with E-state index < -0.39 is 5.66 Å². The number of benzene rings is 1. The Labute approximate surface area is 154 Å². The van der Waals surface area contributed by atoms with E-state index in [-0.39, 0.29) is 0 Å². The molecule has 2 aliphatic rings. The molecule has 6 heteroatoms. The largest absolute Gasteiger partial charge is 0.332 e. The molecule has 4 N–H and O–H groups in total. The molecule has 6 nitrogen and oxygen atoms in total. The van der Waals surface area contributed by atoms with Crippen molar-refractivity contribution in [2.75, 3.05) is 5.32 Å². The minimum Gasteiger partial charge on any atom is -0.332 e. The summed E-state index contributed by atoms with van der Waals surface area (Å²) in [5, 5.41) is 10.9. The van der Waals surface area contributed by atoms with Crippen LogP contribution in [-0.2, 0) is 7.05 Å². The average molecular weight is 350 g/mol. The number of aryl methyl sites for hydroxylation is 1. The van der Waals surface area contributed by atoms with E-state index >= 15 is 0 Å². The van der Waals surface area contributed by atoms with E-state index in [4.69, 9.17) is 10.7 Å². The first-order chi connectivity index (χ1) is 12.6. The van der Waals surface area contributed by atoms with Gasteiger partial charge < -0.3 is 16.4 Å². The molecule has 26 heavy (non-hydrogen) atoms. The number of guanidine groups is 1. The second-order valence-corrected chi connectivity index (χ2v) is 7.22. The van der Waals surface area contributed by atoms with E-state index in [9.17, 15) is 0 Å². The molecule has 1 aromatic carbocycles. The smallest absolute Gasteiger partial charge is 0.202 e. The number of nitrogens with two attached hydrogens (primary N) is 1. The highest BCUT2D eigenvalue weighted by molar-refractivity contribution is 5.98. The van der Waals surface area contributed by atoms with Crippen molar-refractivity contribution in [3.63, 3.8) is 0 Å². The molecule has 1 unspecified atom stereocenters. The molecule has 1 aliphatic carbocycles. The summed E-state index contributed by atoms with van der Waals surface area (Å²) in [6.07, 6.45) is 11.8. The molecule has 1 aromatic heterocycles. The molecule has 2 aromatic rings. The van der Waals surface area contributed by atoms with E-state index in [1.807, 2.05) is 56.0 Å². The lowest BCUT2D eigenvalue weighted by Gasteiger charge is -2.40.